The second-order valence-electron chi connectivity index (χ2n) is 9.81. The van der Waals surface area contributed by atoms with Crippen molar-refractivity contribution in [2.75, 3.05) is 30.0 Å². The summed E-state index contributed by atoms with van der Waals surface area (Å²) in [5, 5.41) is 13.1. The molecule has 0 radical (unpaired) electrons. The van der Waals surface area contributed by atoms with Crippen LogP contribution in [0.3, 0.4) is 0 Å². The Morgan fingerprint density at radius 1 is 1.22 bits per heavy atom. The topological polar surface area (TPSA) is 105 Å². The number of benzene rings is 1. The highest BCUT2D eigenvalue weighted by molar-refractivity contribution is 5.91. The minimum absolute atomic E-state index is 0.0193. The molecule has 2 aliphatic rings. The molecule has 2 N–H and O–H groups in total. The zero-order chi connectivity index (χ0) is 26.3. The highest BCUT2D eigenvalue weighted by atomic mass is 19.4. The summed E-state index contributed by atoms with van der Waals surface area (Å²) < 4.78 is 46.8. The highest BCUT2D eigenvalue weighted by Gasteiger charge is 2.32. The Bertz CT molecular complexity index is 1290. The van der Waals surface area contributed by atoms with Gasteiger partial charge in [-0.1, -0.05) is 18.6 Å². The van der Waals surface area contributed by atoms with E-state index in [1.807, 2.05) is 18.4 Å². The third kappa shape index (κ3) is 5.07. The molecule has 0 bridgehead atoms. The number of hydrogen-bond donors (Lipinski definition) is 2. The SMILES string of the molecule is CC(Nc1nc(C(=O)O)nc2nc(N3CCOCC3C)n(Cc3ccc(C(F)(F)F)cc3)c12)C1CCC1. The molecule has 0 spiro atoms. The van der Waals surface area contributed by atoms with E-state index < -0.39 is 17.7 Å². The van der Waals surface area contributed by atoms with Gasteiger partial charge < -0.3 is 24.6 Å². The Balaban J connectivity index is 1.64. The smallest absolute Gasteiger partial charge is 0.416 e. The maximum Gasteiger partial charge on any atom is 0.416 e. The van der Waals surface area contributed by atoms with Crippen LogP contribution in [0.15, 0.2) is 24.3 Å². The van der Waals surface area contributed by atoms with Crippen LogP contribution >= 0.6 is 0 Å². The van der Waals surface area contributed by atoms with Gasteiger partial charge in [-0.15, -0.1) is 0 Å². The molecule has 1 aromatic carbocycles. The Labute approximate surface area is 211 Å². The van der Waals surface area contributed by atoms with Crippen LogP contribution in [0.5, 0.6) is 0 Å². The molecule has 2 aromatic heterocycles. The number of carbonyl (C=O) groups is 1. The molecule has 1 aliphatic heterocycles. The predicted octanol–water partition coefficient (Wildman–Crippen LogP) is 4.42. The number of nitrogens with one attached hydrogen (secondary N) is 1. The lowest BCUT2D eigenvalue weighted by Gasteiger charge is -2.34. The van der Waals surface area contributed by atoms with Gasteiger partial charge in [0.25, 0.3) is 0 Å². The van der Waals surface area contributed by atoms with Crippen LogP contribution in [0.1, 0.15) is 54.9 Å². The van der Waals surface area contributed by atoms with Crippen LogP contribution in [-0.2, 0) is 17.5 Å². The third-order valence-electron chi connectivity index (χ3n) is 7.24. The lowest BCUT2D eigenvalue weighted by Crippen LogP contribution is -2.45. The highest BCUT2D eigenvalue weighted by Crippen LogP contribution is 2.35. The number of alkyl halides is 3. The summed E-state index contributed by atoms with van der Waals surface area (Å²) in [4.78, 5) is 27.2. The zero-order valence-electron chi connectivity index (χ0n) is 20.6. The third-order valence-corrected chi connectivity index (χ3v) is 7.24. The van der Waals surface area contributed by atoms with Crippen molar-refractivity contribution < 1.29 is 27.8 Å². The molecule has 37 heavy (non-hydrogen) atoms. The number of aromatic nitrogens is 4. The lowest BCUT2D eigenvalue weighted by molar-refractivity contribution is -0.137. The minimum Gasteiger partial charge on any atom is -0.475 e. The average molecular weight is 519 g/mol. The van der Waals surface area contributed by atoms with Gasteiger partial charge in [-0.25, -0.2) is 14.8 Å². The minimum atomic E-state index is -4.43. The van der Waals surface area contributed by atoms with Crippen LogP contribution < -0.4 is 10.2 Å². The predicted molar refractivity (Wildman–Crippen MR) is 131 cm³/mol. The second-order valence-corrected chi connectivity index (χ2v) is 9.81. The summed E-state index contributed by atoms with van der Waals surface area (Å²) in [5.74, 6) is -0.282. The second kappa shape index (κ2) is 9.81. The number of aromatic carboxylic acids is 1. The van der Waals surface area contributed by atoms with E-state index in [1.54, 1.807) is 0 Å². The molecule has 198 valence electrons. The van der Waals surface area contributed by atoms with Crippen LogP contribution in [0.4, 0.5) is 24.9 Å². The van der Waals surface area contributed by atoms with Crippen molar-refractivity contribution in [3.8, 4) is 0 Å². The van der Waals surface area contributed by atoms with E-state index in [2.05, 4.69) is 20.2 Å². The van der Waals surface area contributed by atoms with Crippen molar-refractivity contribution in [3.05, 3.63) is 41.2 Å². The first-order chi connectivity index (χ1) is 17.6. The van der Waals surface area contributed by atoms with Crippen molar-refractivity contribution in [1.82, 2.24) is 19.5 Å². The van der Waals surface area contributed by atoms with Gasteiger partial charge in [0, 0.05) is 12.6 Å². The Kier molecular flexibility index (Phi) is 6.69. The summed E-state index contributed by atoms with van der Waals surface area (Å²) in [6.45, 7) is 5.77. The number of rotatable bonds is 7. The fourth-order valence-corrected chi connectivity index (χ4v) is 4.87. The van der Waals surface area contributed by atoms with Gasteiger partial charge in [0.2, 0.25) is 11.8 Å². The molecular formula is C25H29F3N6O3. The molecule has 2 fully saturated rings. The monoisotopic (exact) mass is 518 g/mol. The van der Waals surface area contributed by atoms with E-state index >= 15 is 0 Å². The van der Waals surface area contributed by atoms with Crippen molar-refractivity contribution in [3.63, 3.8) is 0 Å². The van der Waals surface area contributed by atoms with Gasteiger partial charge in [0.15, 0.2) is 11.5 Å². The summed E-state index contributed by atoms with van der Waals surface area (Å²) in [5.41, 5.74) is 0.649. The Hall–Kier alpha value is -3.41. The van der Waals surface area contributed by atoms with Gasteiger partial charge in [0.1, 0.15) is 5.52 Å². The van der Waals surface area contributed by atoms with Gasteiger partial charge in [0.05, 0.1) is 31.4 Å². The van der Waals surface area contributed by atoms with Gasteiger partial charge in [-0.3, -0.25) is 0 Å². The first-order valence-electron chi connectivity index (χ1n) is 12.4. The maximum absolute atomic E-state index is 13.1. The quantitative estimate of drug-likeness (QED) is 0.474. The summed E-state index contributed by atoms with van der Waals surface area (Å²) >= 11 is 0. The van der Waals surface area contributed by atoms with Crippen LogP contribution in [0.25, 0.3) is 11.2 Å². The van der Waals surface area contributed by atoms with E-state index in [4.69, 9.17) is 9.72 Å². The maximum atomic E-state index is 13.1. The van der Waals surface area contributed by atoms with Crippen LogP contribution in [-0.4, -0.2) is 62.4 Å². The Morgan fingerprint density at radius 2 is 1.95 bits per heavy atom. The van der Waals surface area contributed by atoms with E-state index in [-0.39, 0.29) is 30.1 Å². The van der Waals surface area contributed by atoms with Crippen LogP contribution in [0, 0.1) is 5.92 Å². The standard InChI is InChI=1S/C25H29F3N6O3/c1-14-13-37-11-10-33(14)24-32-21-19(34(24)12-16-6-8-18(9-7-16)25(26,27)28)20(30-22(31-21)23(35)36)29-15(2)17-4-3-5-17/h6-9,14-15,17H,3-5,10-13H2,1-2H3,(H,35,36)(H,29,30,31). The number of hydrogen-bond acceptors (Lipinski definition) is 7. The summed E-state index contributed by atoms with van der Waals surface area (Å²) in [6, 6.07) is 5.03. The number of nitrogens with zero attached hydrogens (tertiary/aromatic N) is 5. The molecule has 0 amide bonds. The molecular weight excluding hydrogens is 489 g/mol. The Morgan fingerprint density at radius 3 is 2.54 bits per heavy atom. The van der Waals surface area contributed by atoms with Gasteiger partial charge in [-0.2, -0.15) is 18.2 Å². The zero-order valence-corrected chi connectivity index (χ0v) is 20.6. The molecule has 2 atom stereocenters. The first kappa shape index (κ1) is 25.2. The number of carboxylic acids is 1. The van der Waals surface area contributed by atoms with Crippen molar-refractivity contribution in [2.45, 2.75) is 57.9 Å². The first-order valence-corrected chi connectivity index (χ1v) is 12.4. The molecule has 1 saturated carbocycles. The van der Waals surface area contributed by atoms with Crippen molar-refractivity contribution >= 4 is 28.9 Å². The molecule has 12 heteroatoms. The molecule has 5 rings (SSSR count). The van der Waals surface area contributed by atoms with Crippen molar-refractivity contribution in [1.29, 1.82) is 0 Å². The van der Waals surface area contributed by atoms with Gasteiger partial charge in [-0.05, 0) is 50.3 Å². The number of halogens is 3. The molecule has 2 unspecified atom stereocenters. The number of imidazole rings is 1. The van der Waals surface area contributed by atoms with Crippen molar-refractivity contribution in [2.24, 2.45) is 5.92 Å². The fourth-order valence-electron chi connectivity index (χ4n) is 4.87. The largest absolute Gasteiger partial charge is 0.475 e. The van der Waals surface area contributed by atoms with Gasteiger partial charge >= 0.3 is 12.1 Å². The van der Waals surface area contributed by atoms with E-state index in [1.165, 1.54) is 12.1 Å². The average Bonchev–Trinajstić information content (AvgIpc) is 3.16. The molecule has 9 nitrogen and oxygen atoms in total. The van der Waals surface area contributed by atoms with E-state index in [0.29, 0.717) is 48.5 Å². The molecule has 3 aromatic rings. The molecule has 3 heterocycles. The number of fused-ring (bicyclic) bond motifs is 1. The summed E-state index contributed by atoms with van der Waals surface area (Å²) in [7, 11) is 0. The number of anilines is 2. The fraction of sp³-hybridized carbons (Fsp3) is 0.520. The van der Waals surface area contributed by atoms with E-state index in [9.17, 15) is 23.1 Å². The van der Waals surface area contributed by atoms with E-state index in [0.717, 1.165) is 31.4 Å². The normalized spacial score (nSPS) is 19.6. The number of carboxylic acid groups (broad SMARTS) is 1. The number of ether oxygens (including phenoxy) is 1. The van der Waals surface area contributed by atoms with Crippen LogP contribution in [0.2, 0.25) is 0 Å². The molecule has 1 aliphatic carbocycles. The number of morpholine rings is 1. The molecule has 1 saturated heterocycles. The summed E-state index contributed by atoms with van der Waals surface area (Å²) in [6.07, 6.45) is -1.11. The lowest BCUT2D eigenvalue weighted by atomic mass is 9.80.